The number of nitrogens with one attached hydrogen (secondary N) is 1. The van der Waals surface area contributed by atoms with E-state index in [9.17, 15) is 0 Å². The van der Waals surface area contributed by atoms with Crippen LogP contribution in [0.2, 0.25) is 0 Å². The molecule has 1 aliphatic rings. The molecule has 3 nitrogen and oxygen atoms in total. The number of ether oxygens (including phenoxy) is 1. The van der Waals surface area contributed by atoms with Crippen molar-refractivity contribution in [2.24, 2.45) is 0 Å². The van der Waals surface area contributed by atoms with E-state index in [0.717, 1.165) is 9.32 Å². The number of benzene rings is 1. The summed E-state index contributed by atoms with van der Waals surface area (Å²) in [5.41, 5.74) is 4.07. The van der Waals surface area contributed by atoms with Crippen molar-refractivity contribution < 1.29 is 9.57 Å². The zero-order chi connectivity index (χ0) is 9.26. The van der Waals surface area contributed by atoms with Gasteiger partial charge in [0.05, 0.1) is 16.7 Å². The van der Waals surface area contributed by atoms with Gasteiger partial charge in [0.2, 0.25) is 0 Å². The molecule has 1 aromatic rings. The Hall–Kier alpha value is -0.330. The quantitative estimate of drug-likeness (QED) is 0.666. The normalized spacial score (nSPS) is 19.7. The molecule has 0 saturated carbocycles. The second-order valence-electron chi connectivity index (χ2n) is 2.84. The van der Waals surface area contributed by atoms with Gasteiger partial charge in [0.15, 0.2) is 0 Å². The van der Waals surface area contributed by atoms with Gasteiger partial charge in [-0.2, -0.15) is 5.48 Å². The number of hydrogen-bond acceptors (Lipinski definition) is 3. The smallest absolute Gasteiger partial charge is 0.137 e. The molecular formula is C9H10INO2. The van der Waals surface area contributed by atoms with Gasteiger partial charge in [-0.25, -0.2) is 0 Å². The molecular weight excluding hydrogens is 281 g/mol. The van der Waals surface area contributed by atoms with Crippen LogP contribution in [0.15, 0.2) is 18.2 Å². The largest absolute Gasteiger partial charge is 0.490 e. The summed E-state index contributed by atoms with van der Waals surface area (Å²) >= 11 is 2.27. The van der Waals surface area contributed by atoms with Crippen LogP contribution in [0.3, 0.4) is 0 Å². The molecule has 0 bridgehead atoms. The summed E-state index contributed by atoms with van der Waals surface area (Å²) in [7, 11) is 1.62. The molecule has 4 heteroatoms. The van der Waals surface area contributed by atoms with E-state index in [0.29, 0.717) is 6.61 Å². The Morgan fingerprint density at radius 2 is 2.46 bits per heavy atom. The predicted octanol–water partition coefficient (Wildman–Crippen LogP) is 1.88. The number of para-hydroxylation sites is 1. The number of hydroxylamine groups is 1. The lowest BCUT2D eigenvalue weighted by Crippen LogP contribution is -2.20. The van der Waals surface area contributed by atoms with Gasteiger partial charge in [-0.1, -0.05) is 12.1 Å². The third kappa shape index (κ3) is 1.66. The molecule has 1 N–H and O–H groups in total. The molecule has 1 aromatic carbocycles. The molecule has 0 fully saturated rings. The summed E-state index contributed by atoms with van der Waals surface area (Å²) in [5, 5.41) is 0. The molecule has 0 aromatic heterocycles. The van der Waals surface area contributed by atoms with Crippen LogP contribution in [-0.4, -0.2) is 13.7 Å². The molecule has 2 rings (SSSR count). The zero-order valence-corrected chi connectivity index (χ0v) is 9.37. The van der Waals surface area contributed by atoms with Crippen LogP contribution in [0.4, 0.5) is 0 Å². The van der Waals surface area contributed by atoms with E-state index in [1.807, 2.05) is 12.1 Å². The standard InChI is InChI=1S/C9H10INO2/c1-12-11-8-5-13-9-6(8)3-2-4-7(9)10/h2-4,8,11H,5H2,1H3. The molecule has 70 valence electrons. The van der Waals surface area contributed by atoms with Gasteiger partial charge in [-0.15, -0.1) is 0 Å². The number of hydrogen-bond donors (Lipinski definition) is 1. The summed E-state index contributed by atoms with van der Waals surface area (Å²) in [4.78, 5) is 4.89. The molecule has 1 aliphatic heterocycles. The minimum atomic E-state index is 0.162. The highest BCUT2D eigenvalue weighted by Gasteiger charge is 2.25. The summed E-state index contributed by atoms with van der Waals surface area (Å²) in [6.07, 6.45) is 0. The van der Waals surface area contributed by atoms with Gasteiger partial charge < -0.3 is 9.57 Å². The first kappa shape index (κ1) is 9.23. The maximum Gasteiger partial charge on any atom is 0.137 e. The number of fused-ring (bicyclic) bond motifs is 1. The third-order valence-corrected chi connectivity index (χ3v) is 2.88. The molecule has 1 unspecified atom stereocenters. The minimum Gasteiger partial charge on any atom is -0.490 e. The van der Waals surface area contributed by atoms with E-state index >= 15 is 0 Å². The van der Waals surface area contributed by atoms with Crippen molar-refractivity contribution in [2.75, 3.05) is 13.7 Å². The highest BCUT2D eigenvalue weighted by molar-refractivity contribution is 14.1. The van der Waals surface area contributed by atoms with E-state index < -0.39 is 0 Å². The Bertz CT molecular complexity index is 316. The molecule has 0 aliphatic carbocycles. The van der Waals surface area contributed by atoms with Crippen molar-refractivity contribution in [3.63, 3.8) is 0 Å². The Kier molecular flexibility index (Phi) is 2.71. The second kappa shape index (κ2) is 3.81. The summed E-state index contributed by atoms with van der Waals surface area (Å²) < 4.78 is 6.69. The summed E-state index contributed by atoms with van der Waals surface area (Å²) in [6, 6.07) is 6.28. The molecule has 13 heavy (non-hydrogen) atoms. The summed E-state index contributed by atoms with van der Waals surface area (Å²) in [5.74, 6) is 0.984. The van der Waals surface area contributed by atoms with Crippen molar-refractivity contribution in [1.29, 1.82) is 0 Å². The van der Waals surface area contributed by atoms with Gasteiger partial charge in [0.1, 0.15) is 12.4 Å². The van der Waals surface area contributed by atoms with Crippen LogP contribution in [0, 0.1) is 3.57 Å². The average molecular weight is 291 g/mol. The number of rotatable bonds is 2. The van der Waals surface area contributed by atoms with Crippen molar-refractivity contribution in [3.05, 3.63) is 27.3 Å². The SMILES string of the molecule is CONC1COc2c(I)cccc21. The van der Waals surface area contributed by atoms with Crippen molar-refractivity contribution in [3.8, 4) is 5.75 Å². The van der Waals surface area contributed by atoms with Crippen LogP contribution in [0.1, 0.15) is 11.6 Å². The first-order valence-electron chi connectivity index (χ1n) is 4.02. The highest BCUT2D eigenvalue weighted by Crippen LogP contribution is 2.35. The lowest BCUT2D eigenvalue weighted by atomic mass is 10.1. The maximum absolute atomic E-state index is 5.54. The Balaban J connectivity index is 2.32. The van der Waals surface area contributed by atoms with Crippen molar-refractivity contribution in [1.82, 2.24) is 5.48 Å². The van der Waals surface area contributed by atoms with E-state index in [4.69, 9.17) is 9.57 Å². The number of halogens is 1. The average Bonchev–Trinajstić information content (AvgIpc) is 2.51. The first-order valence-corrected chi connectivity index (χ1v) is 5.10. The predicted molar refractivity (Wildman–Crippen MR) is 57.5 cm³/mol. The fraction of sp³-hybridized carbons (Fsp3) is 0.333. The van der Waals surface area contributed by atoms with E-state index in [-0.39, 0.29) is 6.04 Å². The van der Waals surface area contributed by atoms with Crippen LogP contribution >= 0.6 is 22.6 Å². The van der Waals surface area contributed by atoms with Crippen LogP contribution in [0.5, 0.6) is 5.75 Å². The lowest BCUT2D eigenvalue weighted by Gasteiger charge is -2.08. The van der Waals surface area contributed by atoms with Crippen molar-refractivity contribution >= 4 is 22.6 Å². The van der Waals surface area contributed by atoms with Crippen LogP contribution < -0.4 is 10.2 Å². The van der Waals surface area contributed by atoms with Crippen LogP contribution in [0.25, 0.3) is 0 Å². The highest BCUT2D eigenvalue weighted by atomic mass is 127. The third-order valence-electron chi connectivity index (χ3n) is 2.03. The van der Waals surface area contributed by atoms with Crippen LogP contribution in [-0.2, 0) is 4.84 Å². The monoisotopic (exact) mass is 291 g/mol. The van der Waals surface area contributed by atoms with Crippen molar-refractivity contribution in [2.45, 2.75) is 6.04 Å². The molecule has 1 atom stereocenters. The van der Waals surface area contributed by atoms with Gasteiger partial charge >= 0.3 is 0 Å². The second-order valence-corrected chi connectivity index (χ2v) is 4.01. The Labute approximate surface area is 90.5 Å². The van der Waals surface area contributed by atoms with E-state index in [2.05, 4.69) is 34.1 Å². The molecule has 0 amide bonds. The van der Waals surface area contributed by atoms with Gasteiger partial charge in [0.25, 0.3) is 0 Å². The van der Waals surface area contributed by atoms with Gasteiger partial charge in [-0.05, 0) is 28.7 Å². The molecule has 1 heterocycles. The zero-order valence-electron chi connectivity index (χ0n) is 7.21. The Morgan fingerprint density at radius 1 is 1.62 bits per heavy atom. The first-order chi connectivity index (χ1) is 6.33. The van der Waals surface area contributed by atoms with Gasteiger partial charge in [0, 0.05) is 5.56 Å². The fourth-order valence-corrected chi connectivity index (χ4v) is 2.12. The molecule has 0 saturated heterocycles. The Morgan fingerprint density at radius 3 is 3.23 bits per heavy atom. The van der Waals surface area contributed by atoms with Gasteiger partial charge in [-0.3, -0.25) is 0 Å². The maximum atomic E-state index is 5.54. The fourth-order valence-electron chi connectivity index (χ4n) is 1.45. The topological polar surface area (TPSA) is 30.5 Å². The lowest BCUT2D eigenvalue weighted by molar-refractivity contribution is 0.0535. The molecule has 0 spiro atoms. The van der Waals surface area contributed by atoms with E-state index in [1.165, 1.54) is 5.56 Å². The molecule has 0 radical (unpaired) electrons. The minimum absolute atomic E-state index is 0.162. The summed E-state index contributed by atoms with van der Waals surface area (Å²) in [6.45, 7) is 0.642. The van der Waals surface area contributed by atoms with E-state index in [1.54, 1.807) is 7.11 Å².